The van der Waals surface area contributed by atoms with E-state index in [4.69, 9.17) is 14.2 Å². The van der Waals surface area contributed by atoms with E-state index in [1.807, 2.05) is 26.0 Å². The third kappa shape index (κ3) is 10.4. The fourth-order valence-electron chi connectivity index (χ4n) is 4.01. The van der Waals surface area contributed by atoms with Gasteiger partial charge in [0.05, 0.1) is 18.6 Å². The molecule has 3 aromatic rings. The number of hydrogen-bond donors (Lipinski definition) is 0. The van der Waals surface area contributed by atoms with Crippen LogP contribution >= 0.6 is 11.8 Å². The van der Waals surface area contributed by atoms with Crippen molar-refractivity contribution in [1.82, 2.24) is 4.31 Å². The Morgan fingerprint density at radius 2 is 1.63 bits per heavy atom. The van der Waals surface area contributed by atoms with Gasteiger partial charge in [0.25, 0.3) is 0 Å². The Hall–Kier alpha value is -3.42. The molecule has 0 saturated heterocycles. The lowest BCUT2D eigenvalue weighted by molar-refractivity contribution is -0.274. The number of ether oxygens (including phenoxy) is 4. The van der Waals surface area contributed by atoms with Gasteiger partial charge in [0.1, 0.15) is 17.2 Å². The van der Waals surface area contributed by atoms with Crippen molar-refractivity contribution in [2.45, 2.75) is 55.1 Å². The first kappa shape index (κ1) is 34.1. The second-order valence-electron chi connectivity index (χ2n) is 9.33. The van der Waals surface area contributed by atoms with Crippen molar-refractivity contribution in [3.05, 3.63) is 77.9 Å². The second kappa shape index (κ2) is 15.3. The number of halogens is 3. The minimum atomic E-state index is -4.89. The minimum absolute atomic E-state index is 0.0316. The number of sulfonamides is 1. The van der Waals surface area contributed by atoms with Crippen molar-refractivity contribution in [3.63, 3.8) is 0 Å². The molecule has 0 unspecified atom stereocenters. The van der Waals surface area contributed by atoms with E-state index in [-0.39, 0.29) is 36.4 Å². The first-order chi connectivity index (χ1) is 20.3. The van der Waals surface area contributed by atoms with E-state index in [9.17, 15) is 26.4 Å². The number of methoxy groups -OCH3 is 1. The van der Waals surface area contributed by atoms with Crippen LogP contribution in [0.15, 0.2) is 76.5 Å². The van der Waals surface area contributed by atoms with Crippen LogP contribution in [0.25, 0.3) is 0 Å². The van der Waals surface area contributed by atoms with E-state index < -0.39 is 28.1 Å². The fourth-order valence-corrected chi connectivity index (χ4v) is 6.78. The van der Waals surface area contributed by atoms with Crippen molar-refractivity contribution in [2.75, 3.05) is 26.9 Å². The maximum Gasteiger partial charge on any atom is 0.573 e. The molecule has 0 aliphatic carbocycles. The highest BCUT2D eigenvalue weighted by atomic mass is 32.2. The number of hydrogen-bond acceptors (Lipinski definition) is 8. The zero-order chi connectivity index (χ0) is 31.6. The Morgan fingerprint density at radius 3 is 2.19 bits per heavy atom. The summed E-state index contributed by atoms with van der Waals surface area (Å²) >= 11 is 1.49. The van der Waals surface area contributed by atoms with Crippen LogP contribution in [0, 0.1) is 6.92 Å². The summed E-state index contributed by atoms with van der Waals surface area (Å²) < 4.78 is 86.3. The van der Waals surface area contributed by atoms with E-state index in [0.29, 0.717) is 23.5 Å². The summed E-state index contributed by atoms with van der Waals surface area (Å²) in [7, 11) is -2.59. The summed E-state index contributed by atoms with van der Waals surface area (Å²) in [4.78, 5) is 12.4. The number of esters is 1. The van der Waals surface area contributed by atoms with Crippen molar-refractivity contribution < 1.29 is 45.3 Å². The van der Waals surface area contributed by atoms with Crippen LogP contribution in [0.4, 0.5) is 13.2 Å². The summed E-state index contributed by atoms with van der Waals surface area (Å²) in [6.07, 6.45) is -4.27. The Labute approximate surface area is 254 Å². The molecule has 13 heteroatoms. The third-order valence-electron chi connectivity index (χ3n) is 6.18. The van der Waals surface area contributed by atoms with Gasteiger partial charge < -0.3 is 18.9 Å². The fraction of sp³-hybridized carbons (Fsp3) is 0.367. The molecule has 0 fully saturated rings. The molecule has 0 aliphatic rings. The van der Waals surface area contributed by atoms with Crippen LogP contribution in [-0.2, 0) is 26.1 Å². The molecule has 0 radical (unpaired) electrons. The molecule has 0 heterocycles. The van der Waals surface area contributed by atoms with Gasteiger partial charge in [-0.2, -0.15) is 4.31 Å². The SMILES string of the molecule is CCOC(=O)COc1ccc(S[C@H](CC)CN(Cc2ccc(OC)cc2)S(=O)(=O)c2ccc(OC(F)(F)F)cc2)cc1C. The summed E-state index contributed by atoms with van der Waals surface area (Å²) in [6, 6.07) is 16.6. The average Bonchev–Trinajstić information content (AvgIpc) is 2.96. The predicted octanol–water partition coefficient (Wildman–Crippen LogP) is 6.61. The van der Waals surface area contributed by atoms with E-state index in [0.717, 1.165) is 34.7 Å². The molecule has 0 bridgehead atoms. The zero-order valence-electron chi connectivity index (χ0n) is 24.2. The Kier molecular flexibility index (Phi) is 12.2. The molecule has 0 saturated carbocycles. The van der Waals surface area contributed by atoms with E-state index in [2.05, 4.69) is 4.74 Å². The first-order valence-corrected chi connectivity index (χ1v) is 15.7. The number of carbonyl (C=O) groups is 1. The molecule has 1 atom stereocenters. The molecule has 8 nitrogen and oxygen atoms in total. The molecule has 0 amide bonds. The van der Waals surface area contributed by atoms with Crippen LogP contribution in [0.1, 0.15) is 31.4 Å². The van der Waals surface area contributed by atoms with Gasteiger partial charge in [-0.1, -0.05) is 19.1 Å². The predicted molar refractivity (Wildman–Crippen MR) is 157 cm³/mol. The molecular weight excluding hydrogens is 607 g/mol. The lowest BCUT2D eigenvalue weighted by Crippen LogP contribution is -2.36. The molecule has 0 aliphatic heterocycles. The van der Waals surface area contributed by atoms with Crippen LogP contribution in [0.3, 0.4) is 0 Å². The Balaban J connectivity index is 1.83. The van der Waals surface area contributed by atoms with Gasteiger partial charge in [-0.3, -0.25) is 0 Å². The highest BCUT2D eigenvalue weighted by Crippen LogP contribution is 2.32. The Bertz CT molecular complexity index is 1450. The van der Waals surface area contributed by atoms with Crippen LogP contribution in [0.5, 0.6) is 17.2 Å². The third-order valence-corrected chi connectivity index (χ3v) is 9.34. The number of carbonyl (C=O) groups excluding carboxylic acids is 1. The lowest BCUT2D eigenvalue weighted by atomic mass is 10.2. The smallest absolute Gasteiger partial charge is 0.497 e. The normalized spacial score (nSPS) is 12.6. The Morgan fingerprint density at radius 1 is 0.977 bits per heavy atom. The number of alkyl halides is 3. The van der Waals surface area contributed by atoms with Crippen molar-refractivity contribution in [3.8, 4) is 17.2 Å². The number of thioether (sulfide) groups is 1. The second-order valence-corrected chi connectivity index (χ2v) is 12.6. The summed E-state index contributed by atoms with van der Waals surface area (Å²) in [6.45, 7) is 5.71. The maximum atomic E-state index is 13.8. The van der Waals surface area contributed by atoms with Crippen molar-refractivity contribution >= 4 is 27.8 Å². The van der Waals surface area contributed by atoms with Crippen LogP contribution in [-0.4, -0.2) is 57.2 Å². The number of nitrogens with zero attached hydrogens (tertiary/aromatic N) is 1. The van der Waals surface area contributed by atoms with Gasteiger partial charge in [0.15, 0.2) is 6.61 Å². The summed E-state index contributed by atoms with van der Waals surface area (Å²) in [5, 5.41) is -0.174. The van der Waals surface area contributed by atoms with Crippen molar-refractivity contribution in [1.29, 1.82) is 0 Å². The molecule has 0 aromatic heterocycles. The monoisotopic (exact) mass is 641 g/mol. The van der Waals surface area contributed by atoms with Crippen molar-refractivity contribution in [2.24, 2.45) is 0 Å². The largest absolute Gasteiger partial charge is 0.573 e. The number of aryl methyl sites for hydroxylation is 1. The van der Waals surface area contributed by atoms with Gasteiger partial charge in [-0.15, -0.1) is 24.9 Å². The lowest BCUT2D eigenvalue weighted by Gasteiger charge is -2.27. The maximum absolute atomic E-state index is 13.8. The highest BCUT2D eigenvalue weighted by molar-refractivity contribution is 8.00. The average molecular weight is 642 g/mol. The van der Waals surface area contributed by atoms with Crippen LogP contribution in [0.2, 0.25) is 0 Å². The molecule has 3 aromatic carbocycles. The van der Waals surface area contributed by atoms with Gasteiger partial charge in [-0.05, 0) is 86.0 Å². The van der Waals surface area contributed by atoms with Gasteiger partial charge in [-0.25, -0.2) is 13.2 Å². The van der Waals surface area contributed by atoms with E-state index >= 15 is 0 Å². The summed E-state index contributed by atoms with van der Waals surface area (Å²) in [5.41, 5.74) is 1.51. The molecule has 0 N–H and O–H groups in total. The standard InChI is InChI=1S/C30H34F3NO7S2/c1-5-25(42-26-13-16-28(21(3)17-26)40-20-29(35)39-6-2)19-34(18-22-7-9-23(38-4)10-8-22)43(36,37)27-14-11-24(12-15-27)41-30(31,32)33/h7-17,25H,5-6,18-20H2,1-4H3/t25-/m1/s1. The number of rotatable bonds is 15. The van der Waals surface area contributed by atoms with E-state index in [1.165, 1.54) is 23.2 Å². The quantitative estimate of drug-likeness (QED) is 0.135. The van der Waals surface area contributed by atoms with Gasteiger partial charge in [0, 0.05) is 23.2 Å². The van der Waals surface area contributed by atoms with Gasteiger partial charge in [0.2, 0.25) is 10.0 Å². The molecule has 234 valence electrons. The molecule has 3 rings (SSSR count). The van der Waals surface area contributed by atoms with E-state index in [1.54, 1.807) is 37.3 Å². The van der Waals surface area contributed by atoms with Gasteiger partial charge >= 0.3 is 12.3 Å². The highest BCUT2D eigenvalue weighted by Gasteiger charge is 2.32. The molecule has 0 spiro atoms. The molecular formula is C30H34F3NO7S2. The molecule has 43 heavy (non-hydrogen) atoms. The zero-order valence-corrected chi connectivity index (χ0v) is 25.9. The minimum Gasteiger partial charge on any atom is -0.497 e. The van der Waals surface area contributed by atoms with Crippen LogP contribution < -0.4 is 14.2 Å². The topological polar surface area (TPSA) is 91.4 Å². The number of benzene rings is 3. The first-order valence-electron chi connectivity index (χ1n) is 13.4. The summed E-state index contributed by atoms with van der Waals surface area (Å²) in [5.74, 6) is 0.171.